The number of carbonyl (C=O) groups is 2. The second kappa shape index (κ2) is 6.17. The quantitative estimate of drug-likeness (QED) is 0.739. The number of pyridine rings is 1. The van der Waals surface area contributed by atoms with Gasteiger partial charge in [-0.3, -0.25) is 9.59 Å². The second-order valence-electron chi connectivity index (χ2n) is 4.44. The molecule has 1 fully saturated rings. The summed E-state index contributed by atoms with van der Waals surface area (Å²) >= 11 is 0. The van der Waals surface area contributed by atoms with Gasteiger partial charge in [0, 0.05) is 31.7 Å². The molecule has 6 nitrogen and oxygen atoms in total. The molecule has 2 rings (SSSR count). The maximum absolute atomic E-state index is 12.2. The zero-order valence-corrected chi connectivity index (χ0v) is 10.9. The van der Waals surface area contributed by atoms with Gasteiger partial charge in [0.25, 0.3) is 5.91 Å². The van der Waals surface area contributed by atoms with Gasteiger partial charge in [-0.05, 0) is 25.5 Å². The maximum atomic E-state index is 12.2. The Morgan fingerprint density at radius 3 is 3.11 bits per heavy atom. The molecule has 1 saturated heterocycles. The predicted molar refractivity (Wildman–Crippen MR) is 71.9 cm³/mol. The number of amides is 2. The highest BCUT2D eigenvalue weighted by Crippen LogP contribution is 2.12. The lowest BCUT2D eigenvalue weighted by atomic mass is 10.1. The third-order valence-electron chi connectivity index (χ3n) is 3.00. The fourth-order valence-corrected chi connectivity index (χ4v) is 2.02. The Morgan fingerprint density at radius 1 is 1.58 bits per heavy atom. The maximum Gasteiger partial charge on any atom is 0.255 e. The normalized spacial score (nSPS) is 18.6. The SMILES string of the molecule is CCNc1ncccc1C(=O)NC1CCC(=O)NC1. The van der Waals surface area contributed by atoms with Crippen LogP contribution in [0, 0.1) is 0 Å². The first-order chi connectivity index (χ1) is 9.20. The zero-order chi connectivity index (χ0) is 13.7. The molecule has 0 aliphatic carbocycles. The van der Waals surface area contributed by atoms with Gasteiger partial charge in [-0.1, -0.05) is 0 Å². The van der Waals surface area contributed by atoms with Gasteiger partial charge in [0.15, 0.2) is 0 Å². The van der Waals surface area contributed by atoms with Gasteiger partial charge in [-0.15, -0.1) is 0 Å². The van der Waals surface area contributed by atoms with Crippen LogP contribution < -0.4 is 16.0 Å². The molecule has 2 heterocycles. The molecule has 0 bridgehead atoms. The van der Waals surface area contributed by atoms with E-state index in [-0.39, 0.29) is 17.9 Å². The Kier molecular flexibility index (Phi) is 4.33. The lowest BCUT2D eigenvalue weighted by Gasteiger charge is -2.23. The Bertz CT molecular complexity index is 465. The first kappa shape index (κ1) is 13.3. The summed E-state index contributed by atoms with van der Waals surface area (Å²) in [6.45, 7) is 3.14. The third-order valence-corrected chi connectivity index (χ3v) is 3.00. The van der Waals surface area contributed by atoms with Crippen molar-refractivity contribution in [1.29, 1.82) is 0 Å². The molecule has 102 valence electrons. The molecule has 6 heteroatoms. The summed E-state index contributed by atoms with van der Waals surface area (Å²) in [5.41, 5.74) is 0.529. The van der Waals surface area contributed by atoms with Crippen molar-refractivity contribution in [2.24, 2.45) is 0 Å². The number of aromatic nitrogens is 1. The number of piperidine rings is 1. The third kappa shape index (κ3) is 3.43. The minimum Gasteiger partial charge on any atom is -0.370 e. The van der Waals surface area contributed by atoms with Crippen molar-refractivity contribution in [2.45, 2.75) is 25.8 Å². The summed E-state index contributed by atoms with van der Waals surface area (Å²) < 4.78 is 0. The lowest BCUT2D eigenvalue weighted by Crippen LogP contribution is -2.47. The summed E-state index contributed by atoms with van der Waals surface area (Å²) in [5.74, 6) is 0.466. The van der Waals surface area contributed by atoms with Crippen LogP contribution in [-0.4, -0.2) is 35.9 Å². The summed E-state index contributed by atoms with van der Waals surface area (Å²) in [4.78, 5) is 27.4. The van der Waals surface area contributed by atoms with Gasteiger partial charge in [-0.25, -0.2) is 4.98 Å². The van der Waals surface area contributed by atoms with Gasteiger partial charge >= 0.3 is 0 Å². The molecule has 2 amide bonds. The van der Waals surface area contributed by atoms with Crippen LogP contribution >= 0.6 is 0 Å². The van der Waals surface area contributed by atoms with E-state index in [9.17, 15) is 9.59 Å². The molecule has 1 aliphatic rings. The monoisotopic (exact) mass is 262 g/mol. The second-order valence-corrected chi connectivity index (χ2v) is 4.44. The number of hydrogen-bond donors (Lipinski definition) is 3. The Labute approximate surface area is 112 Å². The number of carbonyl (C=O) groups excluding carboxylic acids is 2. The van der Waals surface area contributed by atoms with E-state index in [1.165, 1.54) is 0 Å². The van der Waals surface area contributed by atoms with E-state index in [2.05, 4.69) is 20.9 Å². The molecular weight excluding hydrogens is 244 g/mol. The van der Waals surface area contributed by atoms with Gasteiger partial charge in [0.1, 0.15) is 5.82 Å². The van der Waals surface area contributed by atoms with E-state index in [0.29, 0.717) is 37.3 Å². The number of rotatable bonds is 4. The highest BCUT2D eigenvalue weighted by molar-refractivity contribution is 5.99. The van der Waals surface area contributed by atoms with Crippen LogP contribution in [0.3, 0.4) is 0 Å². The fraction of sp³-hybridized carbons (Fsp3) is 0.462. The van der Waals surface area contributed by atoms with E-state index in [1.54, 1.807) is 18.3 Å². The predicted octanol–water partition coefficient (Wildman–Crippen LogP) is 0.522. The summed E-state index contributed by atoms with van der Waals surface area (Å²) in [7, 11) is 0. The summed E-state index contributed by atoms with van der Waals surface area (Å²) in [6.07, 6.45) is 2.78. The molecule has 0 spiro atoms. The zero-order valence-electron chi connectivity index (χ0n) is 10.9. The number of nitrogens with one attached hydrogen (secondary N) is 3. The standard InChI is InChI=1S/C13H18N4O2/c1-2-14-12-10(4-3-7-15-12)13(19)17-9-5-6-11(18)16-8-9/h3-4,7,9H,2,5-6,8H2,1H3,(H,14,15)(H,16,18)(H,17,19). The van der Waals surface area contributed by atoms with Crippen LogP contribution in [0.15, 0.2) is 18.3 Å². The van der Waals surface area contributed by atoms with Crippen LogP contribution in [-0.2, 0) is 4.79 Å². The van der Waals surface area contributed by atoms with Crippen LogP contribution in [0.2, 0.25) is 0 Å². The molecule has 1 aromatic heterocycles. The highest BCUT2D eigenvalue weighted by Gasteiger charge is 2.21. The molecule has 0 aromatic carbocycles. The largest absolute Gasteiger partial charge is 0.370 e. The van der Waals surface area contributed by atoms with E-state index >= 15 is 0 Å². The average molecular weight is 262 g/mol. The number of nitrogens with zero attached hydrogens (tertiary/aromatic N) is 1. The van der Waals surface area contributed by atoms with Crippen molar-refractivity contribution in [2.75, 3.05) is 18.4 Å². The first-order valence-electron chi connectivity index (χ1n) is 6.47. The van der Waals surface area contributed by atoms with E-state index < -0.39 is 0 Å². The van der Waals surface area contributed by atoms with Gasteiger partial charge in [0.2, 0.25) is 5.91 Å². The van der Waals surface area contributed by atoms with E-state index in [0.717, 1.165) is 0 Å². The minimum atomic E-state index is -0.162. The Balaban J connectivity index is 2.01. The van der Waals surface area contributed by atoms with Crippen molar-refractivity contribution >= 4 is 17.6 Å². The number of anilines is 1. The molecule has 3 N–H and O–H groups in total. The molecule has 1 aromatic rings. The minimum absolute atomic E-state index is 0.0140. The van der Waals surface area contributed by atoms with Crippen LogP contribution in [0.1, 0.15) is 30.1 Å². The summed E-state index contributed by atoms with van der Waals surface area (Å²) in [6, 6.07) is 3.46. The Hall–Kier alpha value is -2.11. The molecule has 1 unspecified atom stereocenters. The van der Waals surface area contributed by atoms with Gasteiger partial charge in [0.05, 0.1) is 5.56 Å². The molecule has 1 aliphatic heterocycles. The fourth-order valence-electron chi connectivity index (χ4n) is 2.02. The summed E-state index contributed by atoms with van der Waals surface area (Å²) in [5, 5.41) is 8.72. The molecule has 0 saturated carbocycles. The molecule has 19 heavy (non-hydrogen) atoms. The van der Waals surface area contributed by atoms with Gasteiger partial charge < -0.3 is 16.0 Å². The Morgan fingerprint density at radius 2 is 2.42 bits per heavy atom. The van der Waals surface area contributed by atoms with Crippen molar-refractivity contribution in [3.05, 3.63) is 23.9 Å². The van der Waals surface area contributed by atoms with E-state index in [1.807, 2.05) is 6.92 Å². The van der Waals surface area contributed by atoms with Crippen molar-refractivity contribution in [1.82, 2.24) is 15.6 Å². The first-order valence-corrected chi connectivity index (χ1v) is 6.47. The topological polar surface area (TPSA) is 83.1 Å². The molecule has 0 radical (unpaired) electrons. The van der Waals surface area contributed by atoms with E-state index in [4.69, 9.17) is 0 Å². The smallest absolute Gasteiger partial charge is 0.255 e. The lowest BCUT2D eigenvalue weighted by molar-refractivity contribution is -0.122. The van der Waals surface area contributed by atoms with Crippen molar-refractivity contribution < 1.29 is 9.59 Å². The van der Waals surface area contributed by atoms with Gasteiger partial charge in [-0.2, -0.15) is 0 Å². The van der Waals surface area contributed by atoms with Crippen LogP contribution in [0.25, 0.3) is 0 Å². The average Bonchev–Trinajstić information content (AvgIpc) is 2.42. The van der Waals surface area contributed by atoms with Crippen molar-refractivity contribution in [3.63, 3.8) is 0 Å². The van der Waals surface area contributed by atoms with Crippen LogP contribution in [0.4, 0.5) is 5.82 Å². The molecule has 1 atom stereocenters. The number of hydrogen-bond acceptors (Lipinski definition) is 4. The molecular formula is C13H18N4O2. The highest BCUT2D eigenvalue weighted by atomic mass is 16.2. The van der Waals surface area contributed by atoms with Crippen molar-refractivity contribution in [3.8, 4) is 0 Å². The van der Waals surface area contributed by atoms with Crippen LogP contribution in [0.5, 0.6) is 0 Å².